The van der Waals surface area contributed by atoms with Crippen molar-refractivity contribution in [2.75, 3.05) is 57.8 Å². The summed E-state index contributed by atoms with van der Waals surface area (Å²) >= 11 is 6.81. The Morgan fingerprint density at radius 3 is 2.79 bits per heavy atom. The summed E-state index contributed by atoms with van der Waals surface area (Å²) in [6, 6.07) is 3.74. The number of aromatic nitrogens is 1. The lowest BCUT2D eigenvalue weighted by Gasteiger charge is -2.39. The summed E-state index contributed by atoms with van der Waals surface area (Å²) in [6.07, 6.45) is 2.20. The van der Waals surface area contributed by atoms with E-state index in [-0.39, 0.29) is 57.8 Å². The number of phenolic OH excluding ortho intramolecular Hbond substituents is 1. The Morgan fingerprint density at radius 2 is 2.03 bits per heavy atom. The van der Waals surface area contributed by atoms with Gasteiger partial charge in [0.15, 0.2) is 5.75 Å². The van der Waals surface area contributed by atoms with Gasteiger partial charge in [-0.3, -0.25) is 9.59 Å². The lowest BCUT2D eigenvalue weighted by molar-refractivity contribution is -0.128. The van der Waals surface area contributed by atoms with Gasteiger partial charge in [-0.1, -0.05) is 24.2 Å². The fraction of sp³-hybridized carbons (Fsp3) is 0.444. The van der Waals surface area contributed by atoms with Crippen LogP contribution in [0, 0.1) is 11.7 Å². The van der Waals surface area contributed by atoms with Crippen molar-refractivity contribution in [2.45, 2.75) is 18.5 Å². The maximum atomic E-state index is 15.0. The first-order valence-corrected chi connectivity index (χ1v) is 13.2. The number of hydrogen-bond donors (Lipinski definition) is 1. The zero-order valence-corrected chi connectivity index (χ0v) is 21.8. The number of rotatable bonds is 3. The SMILES string of the molecule is C=CC(=O)N1CCN2C(=O)c3c(N4CCC5CN(C)CC54)nc(-c4c(O)cccc4F)c(Cl)c3OC[C@H]2C1. The van der Waals surface area contributed by atoms with Crippen LogP contribution in [-0.2, 0) is 4.79 Å². The van der Waals surface area contributed by atoms with Crippen molar-refractivity contribution in [1.82, 2.24) is 19.7 Å². The molecule has 4 aliphatic heterocycles. The molecular formula is C27H29ClFN5O4. The molecule has 0 radical (unpaired) electrons. The molecule has 1 N–H and O–H groups in total. The van der Waals surface area contributed by atoms with Crippen LogP contribution in [-0.4, -0.2) is 102 Å². The third-order valence-electron chi connectivity index (χ3n) is 8.17. The van der Waals surface area contributed by atoms with E-state index in [1.165, 1.54) is 24.3 Å². The van der Waals surface area contributed by atoms with E-state index in [0.29, 0.717) is 37.9 Å². The molecule has 1 aromatic carbocycles. The number of nitrogens with zero attached hydrogens (tertiary/aromatic N) is 5. The van der Waals surface area contributed by atoms with E-state index in [4.69, 9.17) is 21.3 Å². The summed E-state index contributed by atoms with van der Waals surface area (Å²) in [7, 11) is 2.07. The zero-order valence-electron chi connectivity index (χ0n) is 21.1. The maximum absolute atomic E-state index is 15.0. The Hall–Kier alpha value is -3.37. The molecule has 0 spiro atoms. The molecule has 2 aromatic rings. The number of anilines is 1. The van der Waals surface area contributed by atoms with E-state index >= 15 is 4.39 Å². The lowest BCUT2D eigenvalue weighted by atomic mass is 10.0. The number of piperazine rings is 1. The van der Waals surface area contributed by atoms with Gasteiger partial charge in [0.2, 0.25) is 5.91 Å². The van der Waals surface area contributed by atoms with E-state index in [9.17, 15) is 14.7 Å². The molecule has 1 aromatic heterocycles. The van der Waals surface area contributed by atoms with Gasteiger partial charge in [-0.15, -0.1) is 0 Å². The van der Waals surface area contributed by atoms with E-state index in [0.717, 1.165) is 19.5 Å². The predicted molar refractivity (Wildman–Crippen MR) is 140 cm³/mol. The molecule has 3 atom stereocenters. The molecule has 3 saturated heterocycles. The number of ether oxygens (including phenoxy) is 1. The van der Waals surface area contributed by atoms with Gasteiger partial charge in [0.25, 0.3) is 5.91 Å². The third kappa shape index (κ3) is 3.89. The van der Waals surface area contributed by atoms with E-state index in [2.05, 4.69) is 23.4 Å². The average Bonchev–Trinajstić information content (AvgIpc) is 3.41. The van der Waals surface area contributed by atoms with Crippen molar-refractivity contribution in [3.05, 3.63) is 47.3 Å². The molecule has 2 unspecified atom stereocenters. The Morgan fingerprint density at radius 1 is 1.21 bits per heavy atom. The highest BCUT2D eigenvalue weighted by atomic mass is 35.5. The molecule has 0 aliphatic carbocycles. The number of pyridine rings is 1. The number of likely N-dealkylation sites (tertiary alicyclic amines) is 1. The van der Waals surface area contributed by atoms with Crippen LogP contribution in [0.2, 0.25) is 5.02 Å². The number of benzene rings is 1. The molecule has 5 heterocycles. The standard InChI is InChI=1S/C27H29ClFN5O4/c1-3-20(36)32-9-10-33-16(12-32)14-38-25-22(27(33)37)26(34-8-7-15-11-31(2)13-18(15)34)30-24(23(25)28)21-17(29)5-4-6-19(21)35/h3-6,15-16,18,35H,1,7-14H2,2H3/t15?,16-,18?/m1/s1. The predicted octanol–water partition coefficient (Wildman–Crippen LogP) is 2.62. The summed E-state index contributed by atoms with van der Waals surface area (Å²) < 4.78 is 21.2. The Balaban J connectivity index is 1.50. The van der Waals surface area contributed by atoms with E-state index in [1.54, 1.807) is 9.80 Å². The quantitative estimate of drug-likeness (QED) is 0.598. The Bertz CT molecular complexity index is 1320. The normalized spacial score (nSPS) is 25.0. The smallest absolute Gasteiger partial charge is 0.261 e. The molecule has 200 valence electrons. The molecule has 0 saturated carbocycles. The minimum Gasteiger partial charge on any atom is -0.507 e. The molecule has 4 aliphatic rings. The van der Waals surface area contributed by atoms with Gasteiger partial charge in [0, 0.05) is 45.3 Å². The highest BCUT2D eigenvalue weighted by molar-refractivity contribution is 6.35. The van der Waals surface area contributed by atoms with E-state index < -0.39 is 11.9 Å². The van der Waals surface area contributed by atoms with Gasteiger partial charge in [-0.05, 0) is 37.6 Å². The number of fused-ring (bicyclic) bond motifs is 3. The number of phenols is 1. The summed E-state index contributed by atoms with van der Waals surface area (Å²) in [5.41, 5.74) is 0.138. The third-order valence-corrected chi connectivity index (χ3v) is 8.52. The number of aromatic hydroxyl groups is 1. The van der Waals surface area contributed by atoms with Crippen LogP contribution >= 0.6 is 11.6 Å². The Kier molecular flexibility index (Phi) is 6.19. The van der Waals surface area contributed by atoms with Crippen molar-refractivity contribution < 1.29 is 23.8 Å². The molecule has 0 bridgehead atoms. The zero-order chi connectivity index (χ0) is 26.7. The maximum Gasteiger partial charge on any atom is 0.261 e. The largest absolute Gasteiger partial charge is 0.507 e. The number of hydrogen-bond acceptors (Lipinski definition) is 7. The van der Waals surface area contributed by atoms with Gasteiger partial charge in [0.1, 0.15) is 40.3 Å². The summed E-state index contributed by atoms with van der Waals surface area (Å²) in [5, 5.41) is 10.5. The number of halogens is 2. The summed E-state index contributed by atoms with van der Waals surface area (Å²) in [6.45, 7) is 7.11. The minimum absolute atomic E-state index is 0.0296. The first kappa shape index (κ1) is 24.9. The molecule has 11 heteroatoms. The minimum atomic E-state index is -0.679. The second-order valence-electron chi connectivity index (χ2n) is 10.4. The average molecular weight is 542 g/mol. The van der Waals surface area contributed by atoms with Crippen molar-refractivity contribution >= 4 is 29.2 Å². The highest BCUT2D eigenvalue weighted by Crippen LogP contribution is 2.47. The number of carbonyl (C=O) groups is 2. The van der Waals surface area contributed by atoms with Gasteiger partial charge >= 0.3 is 0 Å². The van der Waals surface area contributed by atoms with Gasteiger partial charge in [-0.25, -0.2) is 9.37 Å². The van der Waals surface area contributed by atoms with Crippen LogP contribution in [0.25, 0.3) is 11.3 Å². The molecule has 2 amide bonds. The van der Waals surface area contributed by atoms with Crippen LogP contribution in [0.5, 0.6) is 11.5 Å². The highest BCUT2D eigenvalue weighted by Gasteiger charge is 2.45. The Labute approximate surface area is 225 Å². The molecular weight excluding hydrogens is 513 g/mol. The second kappa shape index (κ2) is 9.43. The second-order valence-corrected chi connectivity index (χ2v) is 10.8. The van der Waals surface area contributed by atoms with Crippen LogP contribution in [0.1, 0.15) is 16.8 Å². The van der Waals surface area contributed by atoms with Gasteiger partial charge in [0.05, 0.1) is 11.6 Å². The van der Waals surface area contributed by atoms with Crippen LogP contribution in [0.4, 0.5) is 10.2 Å². The fourth-order valence-electron chi connectivity index (χ4n) is 6.33. The fourth-order valence-corrected chi connectivity index (χ4v) is 6.62. The van der Waals surface area contributed by atoms with Gasteiger partial charge < -0.3 is 29.4 Å². The van der Waals surface area contributed by atoms with Crippen molar-refractivity contribution in [3.63, 3.8) is 0 Å². The van der Waals surface area contributed by atoms with Gasteiger partial charge in [-0.2, -0.15) is 0 Å². The van der Waals surface area contributed by atoms with Crippen molar-refractivity contribution in [1.29, 1.82) is 0 Å². The first-order valence-electron chi connectivity index (χ1n) is 12.8. The first-order chi connectivity index (χ1) is 18.3. The summed E-state index contributed by atoms with van der Waals surface area (Å²) in [5.74, 6) is -0.532. The van der Waals surface area contributed by atoms with Crippen molar-refractivity contribution in [3.8, 4) is 22.8 Å². The number of carbonyl (C=O) groups excluding carboxylic acids is 2. The van der Waals surface area contributed by atoms with Crippen LogP contribution < -0.4 is 9.64 Å². The van der Waals surface area contributed by atoms with Crippen LogP contribution in [0.15, 0.2) is 30.9 Å². The van der Waals surface area contributed by atoms with Crippen LogP contribution in [0.3, 0.4) is 0 Å². The number of likely N-dealkylation sites (N-methyl/N-ethyl adjacent to an activating group) is 1. The number of amides is 2. The molecule has 38 heavy (non-hydrogen) atoms. The van der Waals surface area contributed by atoms with Crippen molar-refractivity contribution in [2.24, 2.45) is 5.92 Å². The topological polar surface area (TPSA) is 89.5 Å². The van der Waals surface area contributed by atoms with E-state index in [1.807, 2.05) is 0 Å². The monoisotopic (exact) mass is 541 g/mol. The molecule has 9 nitrogen and oxygen atoms in total. The molecule has 6 rings (SSSR count). The lowest BCUT2D eigenvalue weighted by Crippen LogP contribution is -2.57. The summed E-state index contributed by atoms with van der Waals surface area (Å²) in [4.78, 5) is 38.9. The molecule has 3 fully saturated rings.